The molecule has 2 unspecified atom stereocenters. The molecule has 10 N–H and O–H groups in total. The number of nitrogens with two attached hydrogens (primary N) is 3. The number of carbonyl (C=O) groups excluding carboxylic acids is 1. The highest BCUT2D eigenvalue weighted by Crippen LogP contribution is 2.50. The first-order valence-electron chi connectivity index (χ1n) is 15.2. The Balaban J connectivity index is 1.33. The van der Waals surface area contributed by atoms with Crippen molar-refractivity contribution in [1.29, 1.82) is 0 Å². The third kappa shape index (κ3) is 9.45. The minimum absolute atomic E-state index is 0.0179. The number of hydrogen-bond donors (Lipinski definition) is 7. The smallest absolute Gasteiger partial charge is 0.455 e. The molecule has 2 aliphatic heterocycles. The summed E-state index contributed by atoms with van der Waals surface area (Å²) in [5.41, 5.74) is 25.2. The van der Waals surface area contributed by atoms with Gasteiger partial charge in [0.1, 0.15) is 54.3 Å². The summed E-state index contributed by atoms with van der Waals surface area (Å²) in [4.78, 5) is 72.8. The second-order valence-electron chi connectivity index (χ2n) is 11.3. The minimum Gasteiger partial charge on any atom is -0.455 e. The van der Waals surface area contributed by atoms with Gasteiger partial charge in [-0.15, -0.1) is 0 Å². The van der Waals surface area contributed by atoms with Gasteiger partial charge in [-0.3, -0.25) is 27.5 Å². The van der Waals surface area contributed by atoms with Gasteiger partial charge < -0.3 is 51.2 Å². The number of imidazole rings is 1. The van der Waals surface area contributed by atoms with E-state index in [1.165, 1.54) is 23.2 Å². The number of esters is 1. The molecular formula is C24H34N12O14P2. The van der Waals surface area contributed by atoms with Gasteiger partial charge in [-0.1, -0.05) is 5.11 Å². The quantitative estimate of drug-likeness (QED) is 0.0223. The lowest BCUT2D eigenvalue weighted by Gasteiger charge is -2.24. The summed E-state index contributed by atoms with van der Waals surface area (Å²) in [7, 11) is -10.2. The molecule has 28 heteroatoms. The first-order chi connectivity index (χ1) is 24.6. The number of aliphatic hydroxyl groups is 1. The number of aliphatic hydroxyl groups excluding tert-OH is 1. The fraction of sp³-hybridized carbons (Fsp3) is 0.583. The number of nitrogen functional groups attached to an aromatic ring is 2. The third-order valence-electron chi connectivity index (χ3n) is 7.78. The molecule has 2 saturated heterocycles. The van der Waals surface area contributed by atoms with Crippen LogP contribution in [0.5, 0.6) is 0 Å². The number of azide groups is 1. The molecular weight excluding hydrogens is 742 g/mol. The van der Waals surface area contributed by atoms with Crippen molar-refractivity contribution in [2.75, 3.05) is 31.2 Å². The van der Waals surface area contributed by atoms with Crippen LogP contribution >= 0.6 is 15.6 Å². The number of fused-ring (bicyclic) bond motifs is 1. The molecule has 2 fully saturated rings. The lowest BCUT2D eigenvalue weighted by Crippen LogP contribution is -2.43. The van der Waals surface area contributed by atoms with Crippen molar-refractivity contribution in [2.45, 2.75) is 68.3 Å². The molecule has 9 atom stereocenters. The highest BCUT2D eigenvalue weighted by atomic mass is 31.2. The lowest BCUT2D eigenvalue weighted by atomic mass is 10.1. The molecule has 0 radical (unpaired) electrons. The Morgan fingerprint density at radius 3 is 2.60 bits per heavy atom. The molecule has 3 aromatic heterocycles. The van der Waals surface area contributed by atoms with E-state index in [1.54, 1.807) is 0 Å². The van der Waals surface area contributed by atoms with Gasteiger partial charge in [0.05, 0.1) is 19.5 Å². The number of carbonyl (C=O) groups is 1. The number of phosphoric acid groups is 2. The van der Waals surface area contributed by atoms with Crippen LogP contribution in [0.4, 0.5) is 11.6 Å². The van der Waals surface area contributed by atoms with Crippen LogP contribution in [0, 0.1) is 0 Å². The van der Waals surface area contributed by atoms with Gasteiger partial charge in [-0.05, 0) is 24.4 Å². The van der Waals surface area contributed by atoms with Gasteiger partial charge in [0, 0.05) is 24.1 Å². The number of aromatic nitrogens is 6. The van der Waals surface area contributed by atoms with Crippen molar-refractivity contribution < 1.29 is 61.5 Å². The Morgan fingerprint density at radius 2 is 1.88 bits per heavy atom. The Morgan fingerprint density at radius 1 is 1.13 bits per heavy atom. The Hall–Kier alpha value is -4.13. The van der Waals surface area contributed by atoms with Gasteiger partial charge in [0.2, 0.25) is 0 Å². The first kappa shape index (κ1) is 39.1. The van der Waals surface area contributed by atoms with E-state index in [9.17, 15) is 38.5 Å². The van der Waals surface area contributed by atoms with E-state index in [1.807, 2.05) is 0 Å². The fourth-order valence-corrected chi connectivity index (χ4v) is 6.67. The van der Waals surface area contributed by atoms with E-state index in [0.717, 1.165) is 10.9 Å². The van der Waals surface area contributed by atoms with Gasteiger partial charge in [-0.25, -0.2) is 28.9 Å². The maximum atomic E-state index is 13.3. The predicted octanol–water partition coefficient (Wildman–Crippen LogP) is -1.27. The van der Waals surface area contributed by atoms with Crippen LogP contribution in [0.1, 0.15) is 31.7 Å². The van der Waals surface area contributed by atoms with Gasteiger partial charge >= 0.3 is 27.3 Å². The van der Waals surface area contributed by atoms with Crippen LogP contribution in [0.25, 0.3) is 21.6 Å². The van der Waals surface area contributed by atoms with E-state index in [4.69, 9.17) is 46.0 Å². The number of nitrogens with zero attached hydrogens (tertiary/aromatic N) is 9. The molecule has 5 heterocycles. The Labute approximate surface area is 291 Å². The van der Waals surface area contributed by atoms with E-state index in [0.29, 0.717) is 0 Å². The normalized spacial score (nSPS) is 26.5. The SMILES string of the molecule is [N-]=[N+]=NCCCC(N)C(=O)O[C@H]1[C@@H](O)[C@H](n2cnc3c(N)ncnc32)O[C@@H]1COP(=O)(O)O[C@H]1C[C@H](n2ccc(N)nc2=O)O[C@H]1COP(=O)(O)O. The molecule has 284 valence electrons. The summed E-state index contributed by atoms with van der Waals surface area (Å²) in [6.07, 6.45) is -6.58. The summed E-state index contributed by atoms with van der Waals surface area (Å²) < 4.78 is 59.0. The van der Waals surface area contributed by atoms with Crippen molar-refractivity contribution in [3.63, 3.8) is 0 Å². The van der Waals surface area contributed by atoms with Crippen molar-refractivity contribution >= 4 is 44.4 Å². The third-order valence-corrected chi connectivity index (χ3v) is 9.28. The minimum atomic E-state index is -5.16. The van der Waals surface area contributed by atoms with E-state index < -0.39 is 89.5 Å². The molecule has 0 aliphatic carbocycles. The monoisotopic (exact) mass is 776 g/mol. The van der Waals surface area contributed by atoms with E-state index in [-0.39, 0.29) is 48.6 Å². The van der Waals surface area contributed by atoms with Crippen LogP contribution in [-0.4, -0.2) is 111 Å². The predicted molar refractivity (Wildman–Crippen MR) is 171 cm³/mol. The summed E-state index contributed by atoms with van der Waals surface area (Å²) in [6.45, 7) is -1.63. The number of ether oxygens (including phenoxy) is 3. The van der Waals surface area contributed by atoms with Crippen molar-refractivity contribution in [3.05, 3.63) is 45.8 Å². The maximum Gasteiger partial charge on any atom is 0.472 e. The summed E-state index contributed by atoms with van der Waals surface area (Å²) >= 11 is 0. The van der Waals surface area contributed by atoms with E-state index in [2.05, 4.69) is 34.5 Å². The van der Waals surface area contributed by atoms with Crippen molar-refractivity contribution in [1.82, 2.24) is 29.1 Å². The Bertz CT molecular complexity index is 1960. The maximum absolute atomic E-state index is 13.3. The van der Waals surface area contributed by atoms with Crippen LogP contribution in [0.15, 0.2) is 34.8 Å². The van der Waals surface area contributed by atoms with Crippen LogP contribution in [0.2, 0.25) is 0 Å². The molecule has 0 amide bonds. The van der Waals surface area contributed by atoms with Crippen LogP contribution in [0.3, 0.4) is 0 Å². The summed E-state index contributed by atoms with van der Waals surface area (Å²) in [5.74, 6) is -1.07. The van der Waals surface area contributed by atoms with Crippen molar-refractivity contribution in [3.8, 4) is 0 Å². The molecule has 2 aliphatic rings. The second kappa shape index (κ2) is 16.3. The fourth-order valence-electron chi connectivity index (χ4n) is 5.37. The van der Waals surface area contributed by atoms with Crippen molar-refractivity contribution in [2.24, 2.45) is 10.8 Å². The van der Waals surface area contributed by atoms with Crippen LogP contribution in [-0.2, 0) is 41.7 Å². The van der Waals surface area contributed by atoms with E-state index >= 15 is 0 Å². The molecule has 5 rings (SSSR count). The second-order valence-corrected chi connectivity index (χ2v) is 14.0. The number of hydrogen-bond acceptors (Lipinski definition) is 19. The number of phosphoric ester groups is 2. The molecule has 0 saturated carbocycles. The zero-order chi connectivity index (χ0) is 37.8. The molecule has 52 heavy (non-hydrogen) atoms. The highest BCUT2D eigenvalue weighted by Gasteiger charge is 2.50. The van der Waals surface area contributed by atoms with Crippen LogP contribution < -0.4 is 22.9 Å². The molecule has 0 bridgehead atoms. The van der Waals surface area contributed by atoms with Gasteiger partial charge in [0.15, 0.2) is 23.8 Å². The highest BCUT2D eigenvalue weighted by molar-refractivity contribution is 7.47. The molecule has 26 nitrogen and oxygen atoms in total. The molecule has 0 spiro atoms. The number of anilines is 2. The zero-order valence-electron chi connectivity index (χ0n) is 26.7. The standard InChI is InChI=1S/C24H34N12O14P2/c25-11(2-1-4-32-34-28)23(38)49-19-14(48-22(18(19)37)36-10-31-17-20(27)29-9-30-21(17)36)8-46-52(43,44)50-12-6-16(35-5-3-15(26)33-24(35)39)47-13(12)7-45-51(40,41)42/h3,5,9-14,16,18-19,22,37H,1-2,4,6-8,25H2,(H,43,44)(H2,26,33,39)(H2,27,29,30)(H2,40,41,42)/t11?,12-,13-,14+,16+,18+,19+,22+/m0/s1. The largest absolute Gasteiger partial charge is 0.472 e. The van der Waals surface area contributed by atoms with Gasteiger partial charge in [-0.2, -0.15) is 4.98 Å². The average molecular weight is 777 g/mol. The topological polar surface area (TPSA) is 393 Å². The first-order valence-corrected chi connectivity index (χ1v) is 18.2. The molecule has 0 aromatic carbocycles. The average Bonchev–Trinajstić information content (AvgIpc) is 3.76. The zero-order valence-corrected chi connectivity index (χ0v) is 28.5. The Kier molecular flexibility index (Phi) is 12.2. The summed E-state index contributed by atoms with van der Waals surface area (Å²) in [5, 5.41) is 14.7. The summed E-state index contributed by atoms with van der Waals surface area (Å²) in [6, 6.07) is 0.0548. The molecule has 3 aromatic rings. The lowest BCUT2D eigenvalue weighted by molar-refractivity contribution is -0.158. The number of rotatable bonds is 16. The van der Waals surface area contributed by atoms with Gasteiger partial charge in [0.25, 0.3) is 0 Å².